The maximum absolute atomic E-state index is 4.61. The lowest BCUT2D eigenvalue weighted by Crippen LogP contribution is -2.41. The molecule has 2 aliphatic rings. The van der Waals surface area contributed by atoms with E-state index in [1.54, 1.807) is 0 Å². The lowest BCUT2D eigenvalue weighted by atomic mass is 10.0. The van der Waals surface area contributed by atoms with E-state index in [1.807, 2.05) is 25.3 Å². The molecule has 1 aromatic heterocycles. The van der Waals surface area contributed by atoms with E-state index in [0.717, 1.165) is 35.5 Å². The summed E-state index contributed by atoms with van der Waals surface area (Å²) in [7, 11) is 3.91. The van der Waals surface area contributed by atoms with Crippen LogP contribution in [0.2, 0.25) is 0 Å². The van der Waals surface area contributed by atoms with Crippen LogP contribution in [-0.4, -0.2) is 47.6 Å². The number of rotatable bonds is 7. The zero-order valence-corrected chi connectivity index (χ0v) is 17.9. The summed E-state index contributed by atoms with van der Waals surface area (Å²) in [5.74, 6) is 0.873. The van der Waals surface area contributed by atoms with Crippen molar-refractivity contribution in [3.8, 4) is 0 Å². The van der Waals surface area contributed by atoms with Gasteiger partial charge in [0, 0.05) is 56.2 Å². The molecule has 0 saturated carbocycles. The predicted octanol–water partition coefficient (Wildman–Crippen LogP) is 4.60. The Hall–Kier alpha value is -2.37. The van der Waals surface area contributed by atoms with Gasteiger partial charge in [-0.1, -0.05) is 25.1 Å². The zero-order valence-electron chi connectivity index (χ0n) is 17.9. The molecular weight excluding hydrogens is 358 g/mol. The Kier molecular flexibility index (Phi) is 5.88. The van der Waals surface area contributed by atoms with Gasteiger partial charge in [-0.3, -0.25) is 4.90 Å². The Balaban J connectivity index is 1.47. The number of piperidine rings is 1. The van der Waals surface area contributed by atoms with Crippen LogP contribution in [0.15, 0.2) is 48.9 Å². The first-order valence-corrected chi connectivity index (χ1v) is 10.7. The molecule has 2 aliphatic heterocycles. The number of hydrazine groups is 1. The molecule has 154 valence electrons. The van der Waals surface area contributed by atoms with Gasteiger partial charge in [-0.25, -0.2) is 10.4 Å². The third-order valence-electron chi connectivity index (χ3n) is 6.44. The van der Waals surface area contributed by atoms with Crippen LogP contribution in [0.3, 0.4) is 0 Å². The van der Waals surface area contributed by atoms with E-state index < -0.39 is 0 Å². The molecule has 2 atom stereocenters. The first-order valence-electron chi connectivity index (χ1n) is 10.7. The van der Waals surface area contributed by atoms with Gasteiger partial charge in [-0.2, -0.15) is 0 Å². The van der Waals surface area contributed by atoms with Gasteiger partial charge < -0.3 is 10.3 Å². The summed E-state index contributed by atoms with van der Waals surface area (Å²) in [6, 6.07) is 10.2. The minimum absolute atomic E-state index is 0.755. The summed E-state index contributed by atoms with van der Waals surface area (Å²) in [5.41, 5.74) is 6.56. The number of pyridine rings is 1. The number of nitrogens with zero attached hydrogens (tertiary/aromatic N) is 3. The van der Waals surface area contributed by atoms with E-state index in [-0.39, 0.29) is 0 Å². The molecule has 2 bridgehead atoms. The maximum Gasteiger partial charge on any atom is 0.130 e. The summed E-state index contributed by atoms with van der Waals surface area (Å²) in [4.78, 5) is 7.26. The van der Waals surface area contributed by atoms with Crippen LogP contribution >= 0.6 is 0 Å². The molecule has 3 heterocycles. The fraction of sp³-hybridized carbons (Fsp3) is 0.458. The third-order valence-corrected chi connectivity index (χ3v) is 6.44. The van der Waals surface area contributed by atoms with Crippen molar-refractivity contribution in [1.29, 1.82) is 0 Å². The van der Waals surface area contributed by atoms with Gasteiger partial charge in [0.1, 0.15) is 5.82 Å². The van der Waals surface area contributed by atoms with Crippen LogP contribution in [0.4, 0.5) is 5.82 Å². The highest BCUT2D eigenvalue weighted by Crippen LogP contribution is 2.35. The fourth-order valence-electron chi connectivity index (χ4n) is 4.81. The van der Waals surface area contributed by atoms with Crippen molar-refractivity contribution >= 4 is 22.2 Å². The quantitative estimate of drug-likeness (QED) is 0.675. The second kappa shape index (κ2) is 8.56. The van der Waals surface area contributed by atoms with Crippen molar-refractivity contribution in [3.05, 3.63) is 54.5 Å². The van der Waals surface area contributed by atoms with Gasteiger partial charge in [0.2, 0.25) is 0 Å². The summed E-state index contributed by atoms with van der Waals surface area (Å²) in [6.07, 6.45) is 10.8. The summed E-state index contributed by atoms with van der Waals surface area (Å²) < 4.78 is 0. The summed E-state index contributed by atoms with van der Waals surface area (Å²) in [6.45, 7) is 7.35. The van der Waals surface area contributed by atoms with Crippen LogP contribution in [-0.2, 0) is 0 Å². The van der Waals surface area contributed by atoms with E-state index in [9.17, 15) is 0 Å². The van der Waals surface area contributed by atoms with E-state index in [2.05, 4.69) is 64.6 Å². The Morgan fingerprint density at radius 2 is 1.97 bits per heavy atom. The Morgan fingerprint density at radius 3 is 2.69 bits per heavy atom. The molecule has 0 amide bonds. The first-order chi connectivity index (χ1) is 14.0. The fourth-order valence-corrected chi connectivity index (χ4v) is 4.81. The molecule has 2 saturated heterocycles. The first kappa shape index (κ1) is 19.9. The van der Waals surface area contributed by atoms with Gasteiger partial charge >= 0.3 is 0 Å². The number of fused-ring (bicyclic) bond motifs is 3. The lowest BCUT2D eigenvalue weighted by molar-refractivity contribution is 0.154. The van der Waals surface area contributed by atoms with Gasteiger partial charge in [-0.15, -0.1) is 0 Å². The van der Waals surface area contributed by atoms with Gasteiger partial charge in [0.15, 0.2) is 0 Å². The summed E-state index contributed by atoms with van der Waals surface area (Å²) in [5, 5.41) is 7.75. The van der Waals surface area contributed by atoms with E-state index in [4.69, 9.17) is 0 Å². The average molecular weight is 392 g/mol. The smallest absolute Gasteiger partial charge is 0.130 e. The van der Waals surface area contributed by atoms with Gasteiger partial charge in [-0.05, 0) is 61.3 Å². The largest absolute Gasteiger partial charge is 0.343 e. The van der Waals surface area contributed by atoms with Crippen molar-refractivity contribution in [3.63, 3.8) is 0 Å². The number of anilines is 1. The minimum Gasteiger partial charge on any atom is -0.343 e. The van der Waals surface area contributed by atoms with Crippen LogP contribution in [0, 0.1) is 0 Å². The molecule has 2 fully saturated rings. The lowest BCUT2D eigenvalue weighted by Gasteiger charge is -2.35. The number of hydrogen-bond acceptors (Lipinski definition) is 5. The topological polar surface area (TPSA) is 43.4 Å². The van der Waals surface area contributed by atoms with Crippen molar-refractivity contribution in [1.82, 2.24) is 20.3 Å². The molecular formula is C24H33N5. The van der Waals surface area contributed by atoms with E-state index >= 15 is 0 Å². The predicted molar refractivity (Wildman–Crippen MR) is 122 cm³/mol. The molecule has 0 spiro atoms. The molecule has 0 radical (unpaired) electrons. The van der Waals surface area contributed by atoms with Crippen LogP contribution in [0.1, 0.15) is 44.6 Å². The molecule has 2 unspecified atom stereocenters. The molecule has 4 rings (SSSR count). The molecule has 2 N–H and O–H groups in total. The Labute approximate surface area is 174 Å². The van der Waals surface area contributed by atoms with Crippen molar-refractivity contribution in [2.45, 2.75) is 51.1 Å². The number of aromatic nitrogens is 1. The van der Waals surface area contributed by atoms with E-state index in [0.29, 0.717) is 0 Å². The van der Waals surface area contributed by atoms with Gasteiger partial charge in [0.25, 0.3) is 0 Å². The van der Waals surface area contributed by atoms with Crippen LogP contribution in [0.5, 0.6) is 0 Å². The van der Waals surface area contributed by atoms with Crippen molar-refractivity contribution < 1.29 is 0 Å². The number of nitrogens with one attached hydrogen (secondary N) is 2. The maximum atomic E-state index is 4.61. The van der Waals surface area contributed by atoms with Crippen LogP contribution < -0.4 is 10.7 Å². The highest BCUT2D eigenvalue weighted by molar-refractivity contribution is 5.87. The Morgan fingerprint density at radius 1 is 1.21 bits per heavy atom. The second-order valence-electron chi connectivity index (χ2n) is 8.49. The number of benzene rings is 1. The standard InChI is InChI=1S/C24H33N5/c1-17(15-28(4)25-3)19-8-9-20-14-26-24(13-21(20)12-19)27-18(2)16-29-22-6-5-7-23(29)11-10-22/h8-9,12-15,22-23,25H,2,5-7,10-11,16H2,1,3-4H3,(H,26,27)/b17-15+. The monoisotopic (exact) mass is 391 g/mol. The number of allylic oxidation sites excluding steroid dienone is 1. The molecule has 29 heavy (non-hydrogen) atoms. The summed E-state index contributed by atoms with van der Waals surface area (Å²) >= 11 is 0. The third kappa shape index (κ3) is 4.46. The minimum atomic E-state index is 0.755. The molecule has 5 heteroatoms. The Bertz CT molecular complexity index is 903. The highest BCUT2D eigenvalue weighted by Gasteiger charge is 2.36. The highest BCUT2D eigenvalue weighted by atomic mass is 15.5. The zero-order chi connectivity index (χ0) is 20.4. The normalized spacial score (nSPS) is 22.1. The molecule has 1 aromatic carbocycles. The van der Waals surface area contributed by atoms with Gasteiger partial charge in [0.05, 0.1) is 0 Å². The molecule has 5 nitrogen and oxygen atoms in total. The van der Waals surface area contributed by atoms with Crippen molar-refractivity contribution in [2.24, 2.45) is 0 Å². The van der Waals surface area contributed by atoms with E-state index in [1.165, 1.54) is 48.6 Å². The number of hydrogen-bond donors (Lipinski definition) is 2. The van der Waals surface area contributed by atoms with Crippen LogP contribution in [0.25, 0.3) is 16.3 Å². The average Bonchev–Trinajstić information content (AvgIpc) is 2.93. The van der Waals surface area contributed by atoms with Crippen molar-refractivity contribution in [2.75, 3.05) is 26.0 Å². The second-order valence-corrected chi connectivity index (χ2v) is 8.49. The molecule has 0 aliphatic carbocycles. The SMILES string of the molecule is C=C(CN1C2CCCC1CC2)Nc1cc2cc(/C(C)=C/N(C)NC)ccc2cn1. The molecule has 2 aromatic rings.